The predicted molar refractivity (Wildman–Crippen MR) is 158 cm³/mol. The summed E-state index contributed by atoms with van der Waals surface area (Å²) in [5.74, 6) is 5.95. The Labute approximate surface area is 242 Å². The van der Waals surface area contributed by atoms with Gasteiger partial charge in [-0.15, -0.1) is 0 Å². The van der Waals surface area contributed by atoms with E-state index in [1.807, 2.05) is 17.9 Å². The number of pyridine rings is 2. The number of amides is 1. The minimum atomic E-state index is -4.55. The minimum absolute atomic E-state index is 0.0759. The van der Waals surface area contributed by atoms with E-state index in [9.17, 15) is 18.0 Å². The SMILES string of the molecule is CCN1CCN(Cc2ccc(NC(=O)c3ccc(C)c(C#Cc4cnc(N)c5ncccc45)c3)cc2C(F)(F)F)CC1. The first kappa shape index (κ1) is 29.0. The Morgan fingerprint density at radius 3 is 2.48 bits per heavy atom. The lowest BCUT2D eigenvalue weighted by Gasteiger charge is -2.34. The van der Waals surface area contributed by atoms with Gasteiger partial charge in [-0.25, -0.2) is 4.98 Å². The number of aromatic nitrogens is 2. The number of carbonyl (C=O) groups excluding carboxylic acids is 1. The predicted octanol–water partition coefficient (Wildman–Crippen LogP) is 5.33. The molecule has 5 rings (SSSR count). The quantitative estimate of drug-likeness (QED) is 0.315. The summed E-state index contributed by atoms with van der Waals surface area (Å²) >= 11 is 0. The van der Waals surface area contributed by atoms with E-state index in [1.165, 1.54) is 12.1 Å². The molecular weight excluding hydrogens is 541 g/mol. The van der Waals surface area contributed by atoms with Crippen LogP contribution in [0.15, 0.2) is 60.9 Å². The molecule has 3 heterocycles. The van der Waals surface area contributed by atoms with Crippen molar-refractivity contribution in [1.29, 1.82) is 0 Å². The fourth-order valence-corrected chi connectivity index (χ4v) is 4.99. The molecule has 0 radical (unpaired) electrons. The molecule has 7 nitrogen and oxygen atoms in total. The summed E-state index contributed by atoms with van der Waals surface area (Å²) in [6.45, 7) is 8.17. The fourth-order valence-electron chi connectivity index (χ4n) is 4.99. The largest absolute Gasteiger partial charge is 0.416 e. The van der Waals surface area contributed by atoms with Crippen molar-refractivity contribution >= 4 is 28.3 Å². The van der Waals surface area contributed by atoms with Crippen LogP contribution in [0.1, 0.15) is 45.1 Å². The number of aryl methyl sites for hydroxylation is 1. The second-order valence-corrected chi connectivity index (χ2v) is 10.3. The van der Waals surface area contributed by atoms with Crippen molar-refractivity contribution in [2.45, 2.75) is 26.6 Å². The minimum Gasteiger partial charge on any atom is -0.382 e. The molecule has 42 heavy (non-hydrogen) atoms. The second-order valence-electron chi connectivity index (χ2n) is 10.3. The molecular formula is C32H31F3N6O. The van der Waals surface area contributed by atoms with Crippen molar-refractivity contribution in [1.82, 2.24) is 19.8 Å². The Kier molecular flexibility index (Phi) is 8.43. The van der Waals surface area contributed by atoms with E-state index < -0.39 is 17.6 Å². The van der Waals surface area contributed by atoms with E-state index in [4.69, 9.17) is 5.73 Å². The number of nitrogen functional groups attached to an aromatic ring is 1. The van der Waals surface area contributed by atoms with Gasteiger partial charge in [0.2, 0.25) is 0 Å². The molecule has 0 aliphatic carbocycles. The van der Waals surface area contributed by atoms with Crippen LogP contribution in [0, 0.1) is 18.8 Å². The molecule has 0 saturated carbocycles. The van der Waals surface area contributed by atoms with Crippen LogP contribution in [0.25, 0.3) is 10.9 Å². The third-order valence-corrected chi connectivity index (χ3v) is 7.48. The van der Waals surface area contributed by atoms with E-state index in [2.05, 4.69) is 38.9 Å². The maximum atomic E-state index is 14.0. The molecule has 1 aliphatic rings. The number of piperazine rings is 1. The van der Waals surface area contributed by atoms with Gasteiger partial charge in [-0.2, -0.15) is 13.2 Å². The molecule has 2 aromatic carbocycles. The van der Waals surface area contributed by atoms with Crippen LogP contribution in [0.5, 0.6) is 0 Å². The zero-order valence-corrected chi connectivity index (χ0v) is 23.4. The topological polar surface area (TPSA) is 87.4 Å². The van der Waals surface area contributed by atoms with Gasteiger partial charge >= 0.3 is 6.18 Å². The van der Waals surface area contributed by atoms with Gasteiger partial charge in [-0.1, -0.05) is 30.9 Å². The lowest BCUT2D eigenvalue weighted by molar-refractivity contribution is -0.138. The van der Waals surface area contributed by atoms with Crippen molar-refractivity contribution in [2.24, 2.45) is 0 Å². The highest BCUT2D eigenvalue weighted by molar-refractivity contribution is 6.04. The van der Waals surface area contributed by atoms with E-state index in [1.54, 1.807) is 36.7 Å². The Balaban J connectivity index is 1.35. The molecule has 4 aromatic rings. The van der Waals surface area contributed by atoms with Crippen LogP contribution < -0.4 is 11.1 Å². The third kappa shape index (κ3) is 6.54. The molecule has 3 N–H and O–H groups in total. The monoisotopic (exact) mass is 572 g/mol. The number of nitrogens with zero attached hydrogens (tertiary/aromatic N) is 4. The average Bonchev–Trinajstić information content (AvgIpc) is 2.98. The number of benzene rings is 2. The number of likely N-dealkylation sites (N-methyl/N-ethyl adjacent to an activating group) is 1. The molecule has 216 valence electrons. The van der Waals surface area contributed by atoms with E-state index in [-0.39, 0.29) is 23.4 Å². The first-order chi connectivity index (χ1) is 20.1. The second kappa shape index (κ2) is 12.2. The number of halogens is 3. The molecule has 1 aliphatic heterocycles. The van der Waals surface area contributed by atoms with E-state index in [0.29, 0.717) is 35.6 Å². The standard InChI is InChI=1S/C32H31F3N6O/c1-3-40-13-15-41(16-14-40)20-25-10-11-26(18-28(25)32(33,34)35)39-31(42)23-7-6-21(2)22(17-23)8-9-24-19-38-30(36)29-27(24)5-4-12-37-29/h4-7,10-12,17-19H,3,13-16,20H2,1-2H3,(H2,36,38)(H,39,42). The molecule has 10 heteroatoms. The number of nitrogens with two attached hydrogens (primary N) is 1. The highest BCUT2D eigenvalue weighted by Gasteiger charge is 2.34. The molecule has 1 fully saturated rings. The van der Waals surface area contributed by atoms with Crippen LogP contribution in [-0.2, 0) is 12.7 Å². The maximum absolute atomic E-state index is 14.0. The third-order valence-electron chi connectivity index (χ3n) is 7.48. The summed E-state index contributed by atoms with van der Waals surface area (Å²) in [6.07, 6.45) is -1.35. The number of alkyl halides is 3. The summed E-state index contributed by atoms with van der Waals surface area (Å²) in [5, 5.41) is 3.39. The van der Waals surface area contributed by atoms with Gasteiger partial charge < -0.3 is 16.0 Å². The highest BCUT2D eigenvalue weighted by Crippen LogP contribution is 2.35. The summed E-state index contributed by atoms with van der Waals surface area (Å²) < 4.78 is 42.1. The van der Waals surface area contributed by atoms with E-state index in [0.717, 1.165) is 36.7 Å². The molecule has 0 spiro atoms. The van der Waals surface area contributed by atoms with Crippen LogP contribution in [0.2, 0.25) is 0 Å². The molecule has 0 unspecified atom stereocenters. The number of rotatable bonds is 5. The average molecular weight is 573 g/mol. The van der Waals surface area contributed by atoms with Gasteiger partial charge in [0.05, 0.1) is 11.1 Å². The van der Waals surface area contributed by atoms with Crippen molar-refractivity contribution in [2.75, 3.05) is 43.8 Å². The number of hydrogen-bond acceptors (Lipinski definition) is 6. The van der Waals surface area contributed by atoms with Gasteiger partial charge in [0.1, 0.15) is 11.3 Å². The summed E-state index contributed by atoms with van der Waals surface area (Å²) in [6, 6.07) is 12.6. The molecule has 0 atom stereocenters. The maximum Gasteiger partial charge on any atom is 0.416 e. The zero-order valence-electron chi connectivity index (χ0n) is 23.4. The molecule has 1 saturated heterocycles. The molecule has 2 aromatic heterocycles. The number of fused-ring (bicyclic) bond motifs is 1. The van der Waals surface area contributed by atoms with Crippen LogP contribution in [-0.4, -0.2) is 58.4 Å². The van der Waals surface area contributed by atoms with Crippen LogP contribution in [0.3, 0.4) is 0 Å². The normalized spacial score (nSPS) is 14.4. The Morgan fingerprint density at radius 2 is 1.74 bits per heavy atom. The Morgan fingerprint density at radius 1 is 1.00 bits per heavy atom. The highest BCUT2D eigenvalue weighted by atomic mass is 19.4. The number of anilines is 2. The lowest BCUT2D eigenvalue weighted by Crippen LogP contribution is -2.45. The van der Waals surface area contributed by atoms with Crippen molar-refractivity contribution in [3.8, 4) is 11.8 Å². The van der Waals surface area contributed by atoms with Crippen molar-refractivity contribution < 1.29 is 18.0 Å². The van der Waals surface area contributed by atoms with Gasteiger partial charge in [-0.3, -0.25) is 14.7 Å². The summed E-state index contributed by atoms with van der Waals surface area (Å²) in [4.78, 5) is 25.8. The first-order valence-electron chi connectivity index (χ1n) is 13.7. The van der Waals surface area contributed by atoms with Gasteiger partial charge in [-0.05, 0) is 61.0 Å². The smallest absolute Gasteiger partial charge is 0.382 e. The Hall–Kier alpha value is -4.46. The first-order valence-corrected chi connectivity index (χ1v) is 13.7. The number of carbonyl (C=O) groups is 1. The number of hydrogen-bond donors (Lipinski definition) is 2. The number of nitrogens with one attached hydrogen (secondary N) is 1. The van der Waals surface area contributed by atoms with Crippen LogP contribution in [0.4, 0.5) is 24.7 Å². The zero-order chi connectivity index (χ0) is 29.9. The summed E-state index contributed by atoms with van der Waals surface area (Å²) in [5.41, 5.74) is 8.37. The van der Waals surface area contributed by atoms with Gasteiger partial charge in [0.25, 0.3) is 5.91 Å². The Bertz CT molecular complexity index is 1680. The van der Waals surface area contributed by atoms with Gasteiger partial charge in [0.15, 0.2) is 0 Å². The van der Waals surface area contributed by atoms with Crippen molar-refractivity contribution in [3.05, 3.63) is 94.3 Å². The van der Waals surface area contributed by atoms with Crippen molar-refractivity contribution in [3.63, 3.8) is 0 Å². The lowest BCUT2D eigenvalue weighted by atomic mass is 10.0. The molecule has 1 amide bonds. The van der Waals surface area contributed by atoms with Gasteiger partial charge in [0, 0.05) is 67.3 Å². The fraction of sp³-hybridized carbons (Fsp3) is 0.281. The van der Waals surface area contributed by atoms with Crippen LogP contribution >= 0.6 is 0 Å². The summed E-state index contributed by atoms with van der Waals surface area (Å²) in [7, 11) is 0. The van der Waals surface area contributed by atoms with E-state index >= 15 is 0 Å². The molecule has 0 bridgehead atoms.